The van der Waals surface area contributed by atoms with Crippen LogP contribution >= 0.6 is 0 Å². The summed E-state index contributed by atoms with van der Waals surface area (Å²) in [5.41, 5.74) is 0.552. The SMILES string of the molecule is CCC(C)(C)CCCOC(C)(C)CC. The topological polar surface area (TPSA) is 9.23 Å². The van der Waals surface area contributed by atoms with Crippen molar-refractivity contribution >= 4 is 0 Å². The molecule has 0 atom stereocenters. The highest BCUT2D eigenvalue weighted by Crippen LogP contribution is 2.26. The summed E-state index contributed by atoms with van der Waals surface area (Å²) in [6, 6.07) is 0. The quantitative estimate of drug-likeness (QED) is 0.553. The zero-order valence-electron chi connectivity index (χ0n) is 10.9. The summed E-state index contributed by atoms with van der Waals surface area (Å²) in [7, 11) is 0. The lowest BCUT2D eigenvalue weighted by molar-refractivity contribution is -0.0242. The van der Waals surface area contributed by atoms with Gasteiger partial charge in [0.1, 0.15) is 0 Å². The highest BCUT2D eigenvalue weighted by atomic mass is 16.5. The van der Waals surface area contributed by atoms with Gasteiger partial charge in [0, 0.05) is 6.61 Å². The molecule has 0 aromatic rings. The molecule has 0 heterocycles. The van der Waals surface area contributed by atoms with Crippen molar-refractivity contribution < 1.29 is 4.74 Å². The summed E-state index contributed by atoms with van der Waals surface area (Å²) in [4.78, 5) is 0. The molecule has 0 radical (unpaired) electrons. The predicted octanol–water partition coefficient (Wildman–Crippen LogP) is 4.41. The maximum absolute atomic E-state index is 5.82. The van der Waals surface area contributed by atoms with E-state index in [1.54, 1.807) is 0 Å². The molecule has 0 bridgehead atoms. The molecule has 0 aliphatic heterocycles. The first-order chi connectivity index (χ1) is 6.33. The van der Waals surface area contributed by atoms with Crippen molar-refractivity contribution in [1.29, 1.82) is 0 Å². The molecule has 0 saturated carbocycles. The molecule has 1 heteroatoms. The second-order valence-electron chi connectivity index (χ2n) is 5.58. The molecule has 86 valence electrons. The van der Waals surface area contributed by atoms with E-state index in [0.29, 0.717) is 5.41 Å². The summed E-state index contributed by atoms with van der Waals surface area (Å²) >= 11 is 0. The Labute approximate surface area is 90.2 Å². The highest BCUT2D eigenvalue weighted by molar-refractivity contribution is 4.68. The van der Waals surface area contributed by atoms with Crippen LogP contribution in [-0.2, 0) is 4.74 Å². The van der Waals surface area contributed by atoms with Crippen LogP contribution in [0.3, 0.4) is 0 Å². The van der Waals surface area contributed by atoms with Gasteiger partial charge < -0.3 is 4.74 Å². The molecular weight excluding hydrogens is 172 g/mol. The summed E-state index contributed by atoms with van der Waals surface area (Å²) in [5.74, 6) is 0. The van der Waals surface area contributed by atoms with E-state index in [1.807, 2.05) is 0 Å². The Balaban J connectivity index is 3.57. The molecule has 0 aliphatic carbocycles. The van der Waals surface area contributed by atoms with Gasteiger partial charge in [0.25, 0.3) is 0 Å². The van der Waals surface area contributed by atoms with Gasteiger partial charge in [0.15, 0.2) is 0 Å². The van der Waals surface area contributed by atoms with Crippen LogP contribution in [0.5, 0.6) is 0 Å². The van der Waals surface area contributed by atoms with E-state index >= 15 is 0 Å². The minimum atomic E-state index is 0.0658. The van der Waals surface area contributed by atoms with E-state index in [2.05, 4.69) is 41.5 Å². The molecule has 0 rings (SSSR count). The number of ether oxygens (including phenoxy) is 1. The van der Waals surface area contributed by atoms with Crippen molar-refractivity contribution in [1.82, 2.24) is 0 Å². The van der Waals surface area contributed by atoms with Gasteiger partial charge in [0.2, 0.25) is 0 Å². The van der Waals surface area contributed by atoms with Gasteiger partial charge in [-0.3, -0.25) is 0 Å². The average Bonchev–Trinajstić information content (AvgIpc) is 2.13. The van der Waals surface area contributed by atoms with Crippen LogP contribution < -0.4 is 0 Å². The Morgan fingerprint density at radius 2 is 1.50 bits per heavy atom. The lowest BCUT2D eigenvalue weighted by atomic mass is 9.85. The summed E-state index contributed by atoms with van der Waals surface area (Å²) < 4.78 is 5.82. The number of rotatable bonds is 7. The Morgan fingerprint density at radius 3 is 1.93 bits per heavy atom. The second kappa shape index (κ2) is 5.75. The van der Waals surface area contributed by atoms with Crippen LogP contribution in [0.4, 0.5) is 0 Å². The molecule has 14 heavy (non-hydrogen) atoms. The Morgan fingerprint density at radius 1 is 0.929 bits per heavy atom. The van der Waals surface area contributed by atoms with Crippen molar-refractivity contribution in [2.24, 2.45) is 5.41 Å². The zero-order chi connectivity index (χ0) is 11.2. The van der Waals surface area contributed by atoms with Crippen molar-refractivity contribution in [3.05, 3.63) is 0 Å². The van der Waals surface area contributed by atoms with Crippen molar-refractivity contribution in [2.45, 2.75) is 72.8 Å². The first-order valence-corrected chi connectivity index (χ1v) is 5.97. The third kappa shape index (κ3) is 6.42. The second-order valence-corrected chi connectivity index (χ2v) is 5.58. The van der Waals surface area contributed by atoms with E-state index in [0.717, 1.165) is 13.0 Å². The standard InChI is InChI=1S/C13H28O/c1-7-12(3,4)10-9-11-14-13(5,6)8-2/h7-11H2,1-6H3. The third-order valence-corrected chi connectivity index (χ3v) is 3.30. The maximum atomic E-state index is 5.82. The van der Waals surface area contributed by atoms with Crippen LogP contribution in [0.25, 0.3) is 0 Å². The van der Waals surface area contributed by atoms with Gasteiger partial charge in [-0.25, -0.2) is 0 Å². The van der Waals surface area contributed by atoms with Crippen LogP contribution in [-0.4, -0.2) is 12.2 Å². The molecule has 1 nitrogen and oxygen atoms in total. The van der Waals surface area contributed by atoms with E-state index in [4.69, 9.17) is 4.74 Å². The molecule has 0 N–H and O–H groups in total. The summed E-state index contributed by atoms with van der Waals surface area (Å²) in [6.45, 7) is 14.3. The van der Waals surface area contributed by atoms with Gasteiger partial charge in [-0.1, -0.05) is 34.1 Å². The van der Waals surface area contributed by atoms with Gasteiger partial charge in [-0.2, -0.15) is 0 Å². The van der Waals surface area contributed by atoms with Gasteiger partial charge >= 0.3 is 0 Å². The van der Waals surface area contributed by atoms with E-state index in [1.165, 1.54) is 19.3 Å². The molecule has 0 aromatic carbocycles. The zero-order valence-corrected chi connectivity index (χ0v) is 10.9. The molecule has 0 aliphatic rings. The summed E-state index contributed by atoms with van der Waals surface area (Å²) in [6.07, 6.45) is 4.79. The average molecular weight is 200 g/mol. The van der Waals surface area contributed by atoms with Crippen LogP contribution in [0, 0.1) is 5.41 Å². The van der Waals surface area contributed by atoms with Crippen LogP contribution in [0.2, 0.25) is 0 Å². The van der Waals surface area contributed by atoms with Crippen LogP contribution in [0.1, 0.15) is 67.2 Å². The molecule has 0 spiro atoms. The number of hydrogen-bond donors (Lipinski definition) is 0. The van der Waals surface area contributed by atoms with E-state index < -0.39 is 0 Å². The van der Waals surface area contributed by atoms with Crippen molar-refractivity contribution in [3.8, 4) is 0 Å². The fourth-order valence-electron chi connectivity index (χ4n) is 1.18. The van der Waals surface area contributed by atoms with E-state index in [9.17, 15) is 0 Å². The third-order valence-electron chi connectivity index (χ3n) is 3.30. The number of hydrogen-bond acceptors (Lipinski definition) is 1. The summed E-state index contributed by atoms with van der Waals surface area (Å²) in [5, 5.41) is 0. The minimum absolute atomic E-state index is 0.0658. The lowest BCUT2D eigenvalue weighted by Crippen LogP contribution is -2.24. The molecule has 0 unspecified atom stereocenters. The first kappa shape index (κ1) is 14.0. The molecule has 0 amide bonds. The minimum Gasteiger partial charge on any atom is -0.376 e. The highest BCUT2D eigenvalue weighted by Gasteiger charge is 2.17. The maximum Gasteiger partial charge on any atom is 0.0623 e. The van der Waals surface area contributed by atoms with Crippen molar-refractivity contribution in [2.75, 3.05) is 6.61 Å². The largest absolute Gasteiger partial charge is 0.376 e. The fraction of sp³-hybridized carbons (Fsp3) is 1.00. The van der Waals surface area contributed by atoms with Crippen LogP contribution in [0.15, 0.2) is 0 Å². The predicted molar refractivity (Wildman–Crippen MR) is 63.6 cm³/mol. The normalized spacial score (nSPS) is 13.3. The van der Waals surface area contributed by atoms with Gasteiger partial charge in [-0.05, 0) is 38.5 Å². The first-order valence-electron chi connectivity index (χ1n) is 5.97. The van der Waals surface area contributed by atoms with E-state index in [-0.39, 0.29) is 5.60 Å². The Bertz CT molecular complexity index is 129. The Kier molecular flexibility index (Phi) is 5.73. The monoisotopic (exact) mass is 200 g/mol. The van der Waals surface area contributed by atoms with Gasteiger partial charge in [0.05, 0.1) is 5.60 Å². The lowest BCUT2D eigenvalue weighted by Gasteiger charge is -2.26. The molecule has 0 fully saturated rings. The molecule has 0 aromatic heterocycles. The molecular formula is C13H28O. The molecule has 0 saturated heterocycles. The van der Waals surface area contributed by atoms with Crippen molar-refractivity contribution in [3.63, 3.8) is 0 Å². The Hall–Kier alpha value is -0.0400. The van der Waals surface area contributed by atoms with Gasteiger partial charge in [-0.15, -0.1) is 0 Å². The fourth-order valence-corrected chi connectivity index (χ4v) is 1.18. The smallest absolute Gasteiger partial charge is 0.0623 e.